The van der Waals surface area contributed by atoms with E-state index in [4.69, 9.17) is 4.74 Å². The predicted molar refractivity (Wildman–Crippen MR) is 108 cm³/mol. The summed E-state index contributed by atoms with van der Waals surface area (Å²) in [7, 11) is 1.61. The van der Waals surface area contributed by atoms with E-state index in [-0.39, 0.29) is 19.6 Å². The van der Waals surface area contributed by atoms with Crippen molar-refractivity contribution >= 4 is 17.4 Å². The zero-order valence-corrected chi connectivity index (χ0v) is 16.5. The second-order valence-electron chi connectivity index (χ2n) is 6.85. The zero-order valence-electron chi connectivity index (χ0n) is 16.5. The maximum absolute atomic E-state index is 12.8. The number of halogens is 3. The number of nitrogens with one attached hydrogen (secondary N) is 1. The van der Waals surface area contributed by atoms with Crippen LogP contribution in [0, 0.1) is 0 Å². The lowest BCUT2D eigenvalue weighted by atomic mass is 10.1. The number of alkyl halides is 3. The lowest BCUT2D eigenvalue weighted by molar-refractivity contribution is -0.145. The first kappa shape index (κ1) is 21.6. The highest BCUT2D eigenvalue weighted by molar-refractivity contribution is 5.78. The van der Waals surface area contributed by atoms with Crippen molar-refractivity contribution in [2.24, 2.45) is 0 Å². The first-order valence-electron chi connectivity index (χ1n) is 9.46. The van der Waals surface area contributed by atoms with Crippen molar-refractivity contribution in [2.75, 3.05) is 33.3 Å². The summed E-state index contributed by atoms with van der Waals surface area (Å²) in [6.45, 7) is -0.507. The average molecular weight is 420 g/mol. The topological polar surface area (TPSA) is 59.4 Å². The number of methoxy groups -OCH3 is 1. The number of carbonyl (C=O) groups excluding carboxylic acids is 1. The molecular weight excluding hydrogens is 397 g/mol. The normalized spacial score (nSPS) is 11.8. The van der Waals surface area contributed by atoms with Gasteiger partial charge in [0, 0.05) is 43.1 Å². The summed E-state index contributed by atoms with van der Waals surface area (Å²) in [5.41, 5.74) is 2.56. The van der Waals surface area contributed by atoms with E-state index in [1.807, 2.05) is 47.2 Å². The van der Waals surface area contributed by atoms with Crippen LogP contribution in [0.15, 0.2) is 48.8 Å². The van der Waals surface area contributed by atoms with Gasteiger partial charge < -0.3 is 14.6 Å². The molecule has 30 heavy (non-hydrogen) atoms. The fourth-order valence-electron chi connectivity index (χ4n) is 3.25. The molecule has 0 saturated heterocycles. The highest BCUT2D eigenvalue weighted by Gasteiger charge is 2.30. The molecule has 3 rings (SSSR count). The van der Waals surface area contributed by atoms with Gasteiger partial charge in [-0.3, -0.25) is 9.69 Å². The summed E-state index contributed by atoms with van der Waals surface area (Å²) in [5, 5.41) is 3.31. The van der Waals surface area contributed by atoms with E-state index < -0.39 is 12.7 Å². The van der Waals surface area contributed by atoms with Crippen LogP contribution in [0.1, 0.15) is 5.56 Å². The van der Waals surface area contributed by atoms with Crippen LogP contribution in [0.5, 0.6) is 5.75 Å². The number of aromatic nitrogens is 2. The Bertz CT molecular complexity index is 971. The molecule has 0 saturated carbocycles. The van der Waals surface area contributed by atoms with Crippen LogP contribution in [0.4, 0.5) is 13.2 Å². The van der Waals surface area contributed by atoms with Crippen LogP contribution < -0.4 is 10.1 Å². The van der Waals surface area contributed by atoms with Gasteiger partial charge >= 0.3 is 6.18 Å². The molecule has 0 radical (unpaired) electrons. The molecule has 1 aromatic carbocycles. The molecule has 0 spiro atoms. The molecule has 0 unspecified atom stereocenters. The highest BCUT2D eigenvalue weighted by Crippen LogP contribution is 2.22. The third-order valence-electron chi connectivity index (χ3n) is 4.71. The Balaban J connectivity index is 1.71. The number of hydrogen-bond acceptors (Lipinski definition) is 4. The molecule has 0 bridgehead atoms. The van der Waals surface area contributed by atoms with Gasteiger partial charge in [0.25, 0.3) is 0 Å². The molecule has 6 nitrogen and oxygen atoms in total. The summed E-state index contributed by atoms with van der Waals surface area (Å²) in [4.78, 5) is 16.1. The molecule has 1 amide bonds. The van der Waals surface area contributed by atoms with Crippen molar-refractivity contribution in [2.45, 2.75) is 12.6 Å². The Hall–Kier alpha value is -3.07. The first-order chi connectivity index (χ1) is 14.4. The van der Waals surface area contributed by atoms with Gasteiger partial charge in [-0.25, -0.2) is 4.98 Å². The van der Waals surface area contributed by atoms with Crippen LogP contribution in [0.2, 0.25) is 0 Å². The lowest BCUT2D eigenvalue weighted by Crippen LogP contribution is -2.39. The van der Waals surface area contributed by atoms with Crippen molar-refractivity contribution in [1.82, 2.24) is 19.8 Å². The van der Waals surface area contributed by atoms with Gasteiger partial charge in [-0.1, -0.05) is 0 Å². The number of benzene rings is 1. The second kappa shape index (κ2) is 9.62. The van der Waals surface area contributed by atoms with E-state index in [0.29, 0.717) is 12.8 Å². The quantitative estimate of drug-likeness (QED) is 0.404. The number of ether oxygens (including phenoxy) is 1. The number of hydrogen-bond donors (Lipinski definition) is 1. The number of carbonyl (C=O) groups is 1. The van der Waals surface area contributed by atoms with Crippen LogP contribution in [-0.4, -0.2) is 60.3 Å². The standard InChI is InChI=1S/C21H23F3N4O2/c1-30-19-4-2-18(3-5-19)28-10-7-17-12-16(13-26-20(17)28)6-9-27(11-8-25-15-29)14-21(22,23)24/h2-5,7,10,12-13,15H,6,8-9,11,14H2,1H3,(H,25,29). The summed E-state index contributed by atoms with van der Waals surface area (Å²) in [6.07, 6.45) is 0.214. The Morgan fingerprint density at radius 2 is 1.97 bits per heavy atom. The Morgan fingerprint density at radius 3 is 2.63 bits per heavy atom. The summed E-state index contributed by atoms with van der Waals surface area (Å²) in [6, 6.07) is 11.5. The Labute approximate surface area is 172 Å². The van der Waals surface area contributed by atoms with Crippen molar-refractivity contribution < 1.29 is 22.7 Å². The van der Waals surface area contributed by atoms with Crippen LogP contribution >= 0.6 is 0 Å². The van der Waals surface area contributed by atoms with Crippen molar-refractivity contribution in [1.29, 1.82) is 0 Å². The molecular formula is C21H23F3N4O2. The van der Waals surface area contributed by atoms with Gasteiger partial charge in [0.05, 0.1) is 13.7 Å². The average Bonchev–Trinajstić information content (AvgIpc) is 3.14. The summed E-state index contributed by atoms with van der Waals surface area (Å²) < 4.78 is 45.5. The van der Waals surface area contributed by atoms with Gasteiger partial charge in [-0.2, -0.15) is 13.2 Å². The minimum Gasteiger partial charge on any atom is -0.497 e. The largest absolute Gasteiger partial charge is 0.497 e. The Kier molecular flexibility index (Phi) is 6.94. The summed E-state index contributed by atoms with van der Waals surface area (Å²) >= 11 is 0. The van der Waals surface area contributed by atoms with E-state index in [0.717, 1.165) is 28.0 Å². The molecule has 0 atom stereocenters. The molecule has 2 aromatic heterocycles. The van der Waals surface area contributed by atoms with E-state index >= 15 is 0 Å². The minimum absolute atomic E-state index is 0.127. The van der Waals surface area contributed by atoms with Crippen molar-refractivity contribution in [3.8, 4) is 11.4 Å². The predicted octanol–water partition coefficient (Wildman–Crippen LogP) is 3.19. The number of pyridine rings is 1. The van der Waals surface area contributed by atoms with E-state index in [1.54, 1.807) is 13.3 Å². The number of amides is 1. The van der Waals surface area contributed by atoms with E-state index in [9.17, 15) is 18.0 Å². The number of fused-ring (bicyclic) bond motifs is 1. The SMILES string of the molecule is COc1ccc(-n2ccc3cc(CCN(CCNC=O)CC(F)(F)F)cnc32)cc1. The number of nitrogens with zero attached hydrogens (tertiary/aromatic N) is 3. The molecule has 0 aliphatic rings. The van der Waals surface area contributed by atoms with E-state index in [2.05, 4.69) is 10.3 Å². The molecule has 9 heteroatoms. The maximum Gasteiger partial charge on any atom is 0.401 e. The highest BCUT2D eigenvalue weighted by atomic mass is 19.4. The van der Waals surface area contributed by atoms with Gasteiger partial charge in [0.15, 0.2) is 0 Å². The third kappa shape index (κ3) is 5.73. The molecule has 160 valence electrons. The molecule has 0 aliphatic heterocycles. The maximum atomic E-state index is 12.8. The van der Waals surface area contributed by atoms with Gasteiger partial charge in [0.2, 0.25) is 6.41 Å². The fraction of sp³-hybridized carbons (Fsp3) is 0.333. The zero-order chi connectivity index (χ0) is 21.6. The molecule has 3 aromatic rings. The van der Waals surface area contributed by atoms with Crippen LogP contribution in [0.25, 0.3) is 16.7 Å². The molecule has 1 N–H and O–H groups in total. The third-order valence-corrected chi connectivity index (χ3v) is 4.71. The summed E-state index contributed by atoms with van der Waals surface area (Å²) in [5.74, 6) is 0.761. The second-order valence-corrected chi connectivity index (χ2v) is 6.85. The first-order valence-corrected chi connectivity index (χ1v) is 9.46. The molecule has 2 heterocycles. The number of rotatable bonds is 10. The van der Waals surface area contributed by atoms with Crippen LogP contribution in [0.3, 0.4) is 0 Å². The Morgan fingerprint density at radius 1 is 1.20 bits per heavy atom. The van der Waals surface area contributed by atoms with Crippen LogP contribution in [-0.2, 0) is 11.2 Å². The fourth-order valence-corrected chi connectivity index (χ4v) is 3.25. The van der Waals surface area contributed by atoms with Gasteiger partial charge in [-0.05, 0) is 48.4 Å². The van der Waals surface area contributed by atoms with Crippen molar-refractivity contribution in [3.63, 3.8) is 0 Å². The smallest absolute Gasteiger partial charge is 0.401 e. The van der Waals surface area contributed by atoms with Crippen molar-refractivity contribution in [3.05, 3.63) is 54.4 Å². The van der Waals surface area contributed by atoms with E-state index in [1.165, 1.54) is 4.90 Å². The lowest BCUT2D eigenvalue weighted by Gasteiger charge is -2.23. The molecule has 0 fully saturated rings. The van der Waals surface area contributed by atoms with Gasteiger partial charge in [0.1, 0.15) is 11.4 Å². The molecule has 0 aliphatic carbocycles. The van der Waals surface area contributed by atoms with Gasteiger partial charge in [-0.15, -0.1) is 0 Å². The minimum atomic E-state index is -4.29. The monoisotopic (exact) mass is 420 g/mol.